The molecule has 0 aromatic carbocycles. The number of hydrogen-bond donors (Lipinski definition) is 1. The monoisotopic (exact) mass is 519 g/mol. The van der Waals surface area contributed by atoms with Crippen LogP contribution in [0.1, 0.15) is 46.8 Å². The van der Waals surface area contributed by atoms with E-state index in [0.29, 0.717) is 21.5 Å². The van der Waals surface area contributed by atoms with E-state index >= 15 is 0 Å². The highest BCUT2D eigenvalue weighted by molar-refractivity contribution is 5.90. The Kier molecular flexibility index (Phi) is 7.41. The number of fused-ring (bicyclic) bond motifs is 1. The lowest BCUT2D eigenvalue weighted by Gasteiger charge is -2.27. The number of nitrogens with one attached hydrogen (secondary N) is 1. The molecule has 0 unspecified atom stereocenters. The fourth-order valence-corrected chi connectivity index (χ4v) is 4.84. The molecule has 1 N–H and O–H groups in total. The second-order valence-electron chi connectivity index (χ2n) is 9.44. The smallest absolute Gasteiger partial charge is 0.303 e. The maximum absolute atomic E-state index is 12.0. The Morgan fingerprint density at radius 3 is 2.27 bits per heavy atom. The summed E-state index contributed by atoms with van der Waals surface area (Å²) in [4.78, 5) is 60.9. The largest absolute Gasteiger partial charge is 0.463 e. The van der Waals surface area contributed by atoms with Gasteiger partial charge in [0.25, 0.3) is 5.82 Å². The van der Waals surface area contributed by atoms with Gasteiger partial charge in [0, 0.05) is 40.5 Å². The minimum absolute atomic E-state index is 0.0954. The van der Waals surface area contributed by atoms with Crippen molar-refractivity contribution in [3.63, 3.8) is 0 Å². The Labute approximate surface area is 212 Å². The fourth-order valence-electron chi connectivity index (χ4n) is 4.84. The molecular formula is C23H31N6O8+. The predicted octanol–water partition coefficient (Wildman–Crippen LogP) is 0.840. The molecule has 2 aliphatic heterocycles. The highest BCUT2D eigenvalue weighted by Gasteiger charge is 2.51. The number of aromatic nitrogens is 4. The summed E-state index contributed by atoms with van der Waals surface area (Å²) in [5.41, 5.74) is 0.827. The number of rotatable bonds is 7. The van der Waals surface area contributed by atoms with Gasteiger partial charge in [-0.25, -0.2) is 4.98 Å². The number of likely N-dealkylation sites (tertiary alicyclic amines) is 1. The first-order valence-corrected chi connectivity index (χ1v) is 12.0. The number of amides is 1. The highest BCUT2D eigenvalue weighted by Crippen LogP contribution is 2.38. The van der Waals surface area contributed by atoms with Crippen LogP contribution < -0.4 is 9.80 Å². The average Bonchev–Trinajstić information content (AvgIpc) is 3.49. The minimum Gasteiger partial charge on any atom is -0.463 e. The molecule has 4 atom stereocenters. The molecule has 0 bridgehead atoms. The molecule has 14 heteroatoms. The number of anilines is 1. The lowest BCUT2D eigenvalue weighted by atomic mass is 10.1. The Balaban J connectivity index is 1.83. The maximum Gasteiger partial charge on any atom is 0.303 e. The van der Waals surface area contributed by atoms with Crippen LogP contribution in [0.2, 0.25) is 0 Å². The Hall–Kier alpha value is -3.65. The van der Waals surface area contributed by atoms with E-state index in [0.717, 1.165) is 25.9 Å². The number of quaternary nitrogens is 1. The second-order valence-corrected chi connectivity index (χ2v) is 9.44. The van der Waals surface area contributed by atoms with Gasteiger partial charge in [-0.15, -0.1) is 0 Å². The Bertz CT molecular complexity index is 1220. The summed E-state index contributed by atoms with van der Waals surface area (Å²) in [7, 11) is 2.05. The van der Waals surface area contributed by atoms with E-state index in [9.17, 15) is 19.2 Å². The number of nitrogens with zero attached hydrogens (tertiary/aromatic N) is 5. The summed E-state index contributed by atoms with van der Waals surface area (Å²) in [6.45, 7) is 6.48. The molecule has 0 radical (unpaired) electrons. The van der Waals surface area contributed by atoms with Crippen molar-refractivity contribution in [1.29, 1.82) is 0 Å². The third-order valence-electron chi connectivity index (χ3n) is 6.37. The van der Waals surface area contributed by atoms with Gasteiger partial charge in [-0.1, -0.05) is 0 Å². The molecule has 4 rings (SSSR count). The molecule has 2 aromatic rings. The van der Waals surface area contributed by atoms with Gasteiger partial charge in [0.05, 0.1) is 26.5 Å². The van der Waals surface area contributed by atoms with Crippen molar-refractivity contribution < 1.29 is 38.1 Å². The molecule has 14 nitrogen and oxygen atoms in total. The van der Waals surface area contributed by atoms with Crippen molar-refractivity contribution in [3.05, 3.63) is 6.33 Å². The van der Waals surface area contributed by atoms with Crippen LogP contribution in [0.4, 0.5) is 11.8 Å². The molecule has 4 heterocycles. The van der Waals surface area contributed by atoms with Crippen LogP contribution >= 0.6 is 0 Å². The van der Waals surface area contributed by atoms with Crippen LogP contribution in [0.3, 0.4) is 0 Å². The van der Waals surface area contributed by atoms with Crippen molar-refractivity contribution in [1.82, 2.24) is 24.0 Å². The zero-order valence-electron chi connectivity index (χ0n) is 21.4. The zero-order valence-corrected chi connectivity index (χ0v) is 21.4. The van der Waals surface area contributed by atoms with E-state index in [4.69, 9.17) is 18.9 Å². The molecule has 0 saturated carbocycles. The van der Waals surface area contributed by atoms with E-state index in [1.807, 2.05) is 7.05 Å². The minimum atomic E-state index is -1.10. The van der Waals surface area contributed by atoms with E-state index in [1.54, 1.807) is 4.57 Å². The van der Waals surface area contributed by atoms with Crippen molar-refractivity contribution >= 4 is 46.7 Å². The quantitative estimate of drug-likeness (QED) is 0.313. The summed E-state index contributed by atoms with van der Waals surface area (Å²) in [5, 5.41) is 2.64. The van der Waals surface area contributed by atoms with E-state index < -0.39 is 42.4 Å². The topological polar surface area (TPSA) is 161 Å². The lowest BCUT2D eigenvalue weighted by molar-refractivity contribution is -0.166. The standard InChI is InChI=1S/C23H30N6O8/c1-12(30)25-23-26-20-17(21(27-23)29(5)8-6-7-9-29)24-11-28(20)22-19(36-15(4)33)18(35-14(3)32)16(37-22)10-34-13(2)31/h11,16,18-19,22H,6-10H2,1-5H3/p+1/t16-,18-,19-,22-/m1/s1. The summed E-state index contributed by atoms with van der Waals surface area (Å²) < 4.78 is 24.3. The first-order chi connectivity index (χ1) is 17.5. The van der Waals surface area contributed by atoms with Crippen LogP contribution in [0.15, 0.2) is 6.33 Å². The van der Waals surface area contributed by atoms with Gasteiger partial charge in [-0.2, -0.15) is 9.97 Å². The van der Waals surface area contributed by atoms with Crippen LogP contribution in [0, 0.1) is 0 Å². The molecule has 0 aliphatic carbocycles. The third kappa shape index (κ3) is 5.54. The van der Waals surface area contributed by atoms with E-state index in [1.165, 1.54) is 34.0 Å². The fraction of sp³-hybridized carbons (Fsp3) is 0.609. The van der Waals surface area contributed by atoms with E-state index in [-0.39, 0.29) is 18.5 Å². The summed E-state index contributed by atoms with van der Waals surface area (Å²) >= 11 is 0. The van der Waals surface area contributed by atoms with Gasteiger partial charge in [0.1, 0.15) is 12.7 Å². The molecule has 2 aromatic heterocycles. The van der Waals surface area contributed by atoms with Crippen LogP contribution in [-0.2, 0) is 38.1 Å². The van der Waals surface area contributed by atoms with Crippen LogP contribution in [0.25, 0.3) is 11.2 Å². The molecule has 0 spiro atoms. The van der Waals surface area contributed by atoms with Gasteiger partial charge >= 0.3 is 17.9 Å². The highest BCUT2D eigenvalue weighted by atomic mass is 16.7. The Morgan fingerprint density at radius 1 is 1.03 bits per heavy atom. The number of imidazole rings is 1. The molecule has 2 saturated heterocycles. The predicted molar refractivity (Wildman–Crippen MR) is 128 cm³/mol. The summed E-state index contributed by atoms with van der Waals surface area (Å²) in [6, 6.07) is 0. The summed E-state index contributed by atoms with van der Waals surface area (Å²) in [5.74, 6) is -1.41. The van der Waals surface area contributed by atoms with Crippen molar-refractivity contribution in [3.8, 4) is 0 Å². The van der Waals surface area contributed by atoms with Crippen molar-refractivity contribution in [2.24, 2.45) is 0 Å². The molecule has 200 valence electrons. The maximum atomic E-state index is 12.0. The molecule has 1 amide bonds. The first kappa shape index (κ1) is 26.4. The number of ether oxygens (including phenoxy) is 4. The number of hydrogen-bond acceptors (Lipinski definition) is 11. The van der Waals surface area contributed by atoms with Gasteiger partial charge in [0.15, 0.2) is 29.6 Å². The zero-order chi connectivity index (χ0) is 26.9. The van der Waals surface area contributed by atoms with Gasteiger partial charge in [-0.05, 0) is 0 Å². The second kappa shape index (κ2) is 10.4. The van der Waals surface area contributed by atoms with Crippen LogP contribution in [-0.4, -0.2) is 88.4 Å². The SMILES string of the molecule is CC(=O)Nc1nc([N+]2(C)CCCC2)c2ncn([C@@H]3O[C@H](COC(C)=O)[C@@H](OC(C)=O)[C@H]3OC(C)=O)c2n1. The third-order valence-corrected chi connectivity index (χ3v) is 6.37. The van der Waals surface area contributed by atoms with Gasteiger partial charge in [0.2, 0.25) is 11.9 Å². The average molecular weight is 520 g/mol. The molecule has 2 fully saturated rings. The van der Waals surface area contributed by atoms with Crippen LogP contribution in [0.5, 0.6) is 0 Å². The van der Waals surface area contributed by atoms with Crippen molar-refractivity contribution in [2.75, 3.05) is 32.1 Å². The molecular weight excluding hydrogens is 488 g/mol. The molecule has 2 aliphatic rings. The summed E-state index contributed by atoms with van der Waals surface area (Å²) in [6.07, 6.45) is -0.626. The van der Waals surface area contributed by atoms with Gasteiger partial charge in [-0.3, -0.25) is 33.5 Å². The van der Waals surface area contributed by atoms with E-state index in [2.05, 4.69) is 20.3 Å². The number of carbonyl (C=O) groups is 4. The lowest BCUT2D eigenvalue weighted by Crippen LogP contribution is -2.43. The molecule has 37 heavy (non-hydrogen) atoms. The normalized spacial score (nSPS) is 24.6. The Morgan fingerprint density at radius 2 is 1.68 bits per heavy atom. The van der Waals surface area contributed by atoms with Gasteiger partial charge < -0.3 is 18.9 Å². The first-order valence-electron chi connectivity index (χ1n) is 12.0. The number of carbonyl (C=O) groups excluding carboxylic acids is 4. The number of esters is 3. The van der Waals surface area contributed by atoms with Crippen molar-refractivity contribution in [2.45, 2.75) is 65.1 Å².